The topological polar surface area (TPSA) is 32.3 Å². The van der Waals surface area contributed by atoms with Crippen molar-refractivity contribution < 1.29 is 9.50 Å². The fraction of sp³-hybridized carbons (Fsp3) is 0.500. The summed E-state index contributed by atoms with van der Waals surface area (Å²) in [5.41, 5.74) is 1.09. The molecule has 1 aromatic rings. The SMILES string of the molecule is O[C@@H]1CCNC[C@H]1Cc1ccc(F)cc1. The fourth-order valence-corrected chi connectivity index (χ4v) is 2.04. The van der Waals surface area contributed by atoms with Crippen LogP contribution in [0.15, 0.2) is 24.3 Å². The number of hydrogen-bond acceptors (Lipinski definition) is 2. The highest BCUT2D eigenvalue weighted by molar-refractivity contribution is 5.17. The summed E-state index contributed by atoms with van der Waals surface area (Å²) in [6.45, 7) is 1.74. The second kappa shape index (κ2) is 4.73. The van der Waals surface area contributed by atoms with Crippen molar-refractivity contribution in [2.45, 2.75) is 18.9 Å². The van der Waals surface area contributed by atoms with Crippen molar-refractivity contribution >= 4 is 0 Å². The van der Waals surface area contributed by atoms with E-state index in [-0.39, 0.29) is 17.8 Å². The Morgan fingerprint density at radius 1 is 1.33 bits per heavy atom. The van der Waals surface area contributed by atoms with Crippen molar-refractivity contribution in [3.8, 4) is 0 Å². The third-order valence-corrected chi connectivity index (χ3v) is 2.98. The van der Waals surface area contributed by atoms with E-state index < -0.39 is 0 Å². The predicted molar refractivity (Wildman–Crippen MR) is 57.1 cm³/mol. The maximum absolute atomic E-state index is 12.7. The van der Waals surface area contributed by atoms with Gasteiger partial charge >= 0.3 is 0 Å². The Kier molecular flexibility index (Phi) is 3.34. The van der Waals surface area contributed by atoms with Gasteiger partial charge in [-0.05, 0) is 37.1 Å². The molecular weight excluding hydrogens is 193 g/mol. The molecule has 2 N–H and O–H groups in total. The quantitative estimate of drug-likeness (QED) is 0.770. The molecule has 3 heteroatoms. The van der Waals surface area contributed by atoms with Gasteiger partial charge in [-0.3, -0.25) is 0 Å². The molecule has 0 amide bonds. The lowest BCUT2D eigenvalue weighted by Crippen LogP contribution is -2.40. The zero-order valence-corrected chi connectivity index (χ0v) is 8.62. The Labute approximate surface area is 89.1 Å². The van der Waals surface area contributed by atoms with Gasteiger partial charge in [0.2, 0.25) is 0 Å². The van der Waals surface area contributed by atoms with Crippen LogP contribution < -0.4 is 5.32 Å². The fourth-order valence-electron chi connectivity index (χ4n) is 2.04. The monoisotopic (exact) mass is 209 g/mol. The molecular formula is C12H16FNO. The van der Waals surface area contributed by atoms with Crippen LogP contribution in [0, 0.1) is 11.7 Å². The highest BCUT2D eigenvalue weighted by Crippen LogP contribution is 2.17. The third-order valence-electron chi connectivity index (χ3n) is 2.98. The van der Waals surface area contributed by atoms with E-state index in [1.54, 1.807) is 12.1 Å². The Bertz CT molecular complexity index is 312. The van der Waals surface area contributed by atoms with Gasteiger partial charge in [-0.25, -0.2) is 4.39 Å². The van der Waals surface area contributed by atoms with Gasteiger partial charge in [0, 0.05) is 12.5 Å². The summed E-state index contributed by atoms with van der Waals surface area (Å²) in [5.74, 6) is 0.0466. The molecule has 1 fully saturated rings. The van der Waals surface area contributed by atoms with Crippen LogP contribution in [0.4, 0.5) is 4.39 Å². The van der Waals surface area contributed by atoms with Crippen molar-refractivity contribution in [1.29, 1.82) is 0 Å². The first-order valence-electron chi connectivity index (χ1n) is 5.39. The molecule has 2 atom stereocenters. The third kappa shape index (κ3) is 2.76. The summed E-state index contributed by atoms with van der Waals surface area (Å²) in [5, 5.41) is 13.0. The summed E-state index contributed by atoms with van der Waals surface area (Å²) in [7, 11) is 0. The lowest BCUT2D eigenvalue weighted by atomic mass is 9.90. The van der Waals surface area contributed by atoms with Gasteiger partial charge in [-0.2, -0.15) is 0 Å². The molecule has 0 aromatic heterocycles. The van der Waals surface area contributed by atoms with E-state index in [0.29, 0.717) is 0 Å². The molecule has 0 radical (unpaired) electrons. The van der Waals surface area contributed by atoms with Crippen LogP contribution in [0.25, 0.3) is 0 Å². The molecule has 0 aliphatic carbocycles. The van der Waals surface area contributed by atoms with Gasteiger partial charge in [0.25, 0.3) is 0 Å². The highest BCUT2D eigenvalue weighted by Gasteiger charge is 2.22. The molecule has 1 heterocycles. The Morgan fingerprint density at radius 2 is 2.07 bits per heavy atom. The van der Waals surface area contributed by atoms with Crippen molar-refractivity contribution in [3.63, 3.8) is 0 Å². The first-order valence-corrected chi connectivity index (χ1v) is 5.39. The minimum atomic E-state index is -0.226. The molecule has 1 aliphatic rings. The molecule has 2 rings (SSSR count). The summed E-state index contributed by atoms with van der Waals surface area (Å²) < 4.78 is 12.7. The average molecular weight is 209 g/mol. The lowest BCUT2D eigenvalue weighted by Gasteiger charge is -2.28. The molecule has 0 spiro atoms. The maximum atomic E-state index is 12.7. The van der Waals surface area contributed by atoms with Gasteiger partial charge < -0.3 is 10.4 Å². The molecule has 1 aliphatic heterocycles. The number of piperidine rings is 1. The Balaban J connectivity index is 1.98. The van der Waals surface area contributed by atoms with Crippen LogP contribution in [-0.2, 0) is 6.42 Å². The summed E-state index contributed by atoms with van der Waals surface area (Å²) in [6, 6.07) is 6.52. The number of aliphatic hydroxyl groups excluding tert-OH is 1. The van der Waals surface area contributed by atoms with E-state index in [2.05, 4.69) is 5.32 Å². The zero-order chi connectivity index (χ0) is 10.7. The van der Waals surface area contributed by atoms with E-state index >= 15 is 0 Å². The van der Waals surface area contributed by atoms with E-state index in [9.17, 15) is 9.50 Å². The molecule has 82 valence electrons. The first kappa shape index (κ1) is 10.6. The number of rotatable bonds is 2. The van der Waals surface area contributed by atoms with Crippen LogP contribution in [-0.4, -0.2) is 24.3 Å². The normalized spacial score (nSPS) is 26.5. The minimum absolute atomic E-state index is 0.207. The average Bonchev–Trinajstić information content (AvgIpc) is 2.25. The predicted octanol–water partition coefficient (Wildman–Crippen LogP) is 1.34. The van der Waals surface area contributed by atoms with Gasteiger partial charge in [0.1, 0.15) is 5.82 Å². The number of benzene rings is 1. The van der Waals surface area contributed by atoms with Gasteiger partial charge in [0.15, 0.2) is 0 Å². The van der Waals surface area contributed by atoms with Crippen LogP contribution >= 0.6 is 0 Å². The highest BCUT2D eigenvalue weighted by atomic mass is 19.1. The number of aliphatic hydroxyl groups is 1. The van der Waals surface area contributed by atoms with Crippen LogP contribution in [0.5, 0.6) is 0 Å². The largest absolute Gasteiger partial charge is 0.393 e. The second-order valence-electron chi connectivity index (χ2n) is 4.15. The second-order valence-corrected chi connectivity index (χ2v) is 4.15. The standard InChI is InChI=1S/C12H16FNO/c13-11-3-1-9(2-4-11)7-10-8-14-6-5-12(10)15/h1-4,10,12,14-15H,5-8H2/t10-,12-/m1/s1. The van der Waals surface area contributed by atoms with E-state index in [4.69, 9.17) is 0 Å². The van der Waals surface area contributed by atoms with Gasteiger partial charge in [-0.15, -0.1) is 0 Å². The molecule has 15 heavy (non-hydrogen) atoms. The summed E-state index contributed by atoms with van der Waals surface area (Å²) in [4.78, 5) is 0. The van der Waals surface area contributed by atoms with E-state index in [0.717, 1.165) is 31.5 Å². The smallest absolute Gasteiger partial charge is 0.123 e. The molecule has 0 unspecified atom stereocenters. The van der Waals surface area contributed by atoms with E-state index in [1.807, 2.05) is 0 Å². The Hall–Kier alpha value is -0.930. The minimum Gasteiger partial charge on any atom is -0.393 e. The number of hydrogen-bond donors (Lipinski definition) is 2. The van der Waals surface area contributed by atoms with Crippen molar-refractivity contribution in [1.82, 2.24) is 5.32 Å². The van der Waals surface area contributed by atoms with Crippen molar-refractivity contribution in [3.05, 3.63) is 35.6 Å². The van der Waals surface area contributed by atoms with Crippen LogP contribution in [0.2, 0.25) is 0 Å². The van der Waals surface area contributed by atoms with Crippen LogP contribution in [0.3, 0.4) is 0 Å². The lowest BCUT2D eigenvalue weighted by molar-refractivity contribution is 0.0791. The zero-order valence-electron chi connectivity index (χ0n) is 8.62. The molecule has 0 saturated carbocycles. The number of nitrogens with one attached hydrogen (secondary N) is 1. The molecule has 1 saturated heterocycles. The molecule has 2 nitrogen and oxygen atoms in total. The van der Waals surface area contributed by atoms with E-state index in [1.165, 1.54) is 12.1 Å². The molecule has 0 bridgehead atoms. The molecule has 1 aromatic carbocycles. The summed E-state index contributed by atoms with van der Waals surface area (Å²) in [6.07, 6.45) is 1.40. The summed E-state index contributed by atoms with van der Waals surface area (Å²) >= 11 is 0. The van der Waals surface area contributed by atoms with Crippen molar-refractivity contribution in [2.24, 2.45) is 5.92 Å². The first-order chi connectivity index (χ1) is 7.25. The van der Waals surface area contributed by atoms with Gasteiger partial charge in [-0.1, -0.05) is 12.1 Å². The van der Waals surface area contributed by atoms with Crippen molar-refractivity contribution in [2.75, 3.05) is 13.1 Å². The van der Waals surface area contributed by atoms with Crippen LogP contribution in [0.1, 0.15) is 12.0 Å². The number of halogens is 1. The maximum Gasteiger partial charge on any atom is 0.123 e. The Morgan fingerprint density at radius 3 is 2.73 bits per heavy atom. The van der Waals surface area contributed by atoms with Gasteiger partial charge in [0.05, 0.1) is 6.10 Å².